The van der Waals surface area contributed by atoms with Crippen molar-refractivity contribution in [2.24, 2.45) is 5.92 Å². The molecule has 0 amide bonds. The van der Waals surface area contributed by atoms with Crippen LogP contribution in [0, 0.1) is 12.8 Å². The summed E-state index contributed by atoms with van der Waals surface area (Å²) in [5, 5.41) is 16.6. The zero-order valence-corrected chi connectivity index (χ0v) is 15.1. The molecule has 2 N–H and O–H groups in total. The van der Waals surface area contributed by atoms with Gasteiger partial charge in [0, 0.05) is 23.7 Å². The Bertz CT molecular complexity index is 961. The highest BCUT2D eigenvalue weighted by molar-refractivity contribution is 5.71. The number of benzene rings is 2. The van der Waals surface area contributed by atoms with Gasteiger partial charge in [-0.1, -0.05) is 47.1 Å². The van der Waals surface area contributed by atoms with Gasteiger partial charge >= 0.3 is 5.97 Å². The van der Waals surface area contributed by atoms with Gasteiger partial charge in [-0.25, -0.2) is 0 Å². The van der Waals surface area contributed by atoms with E-state index >= 15 is 0 Å². The lowest BCUT2D eigenvalue weighted by Crippen LogP contribution is -2.43. The number of aryl methyl sites for hydroxylation is 1. The molecule has 0 atom stereocenters. The van der Waals surface area contributed by atoms with E-state index < -0.39 is 5.97 Å². The van der Waals surface area contributed by atoms with E-state index in [1.54, 1.807) is 0 Å². The molecular formula is C21H21N3O3. The van der Waals surface area contributed by atoms with Crippen LogP contribution in [-0.2, 0) is 11.3 Å². The van der Waals surface area contributed by atoms with Crippen LogP contribution in [0.5, 0.6) is 0 Å². The number of nitrogens with zero attached hydrogens (tertiary/aromatic N) is 2. The molecule has 1 aliphatic rings. The summed E-state index contributed by atoms with van der Waals surface area (Å²) in [6.45, 7) is 2.67. The first kappa shape index (κ1) is 17.4. The highest BCUT2D eigenvalue weighted by Crippen LogP contribution is 2.29. The summed E-state index contributed by atoms with van der Waals surface area (Å²) in [5.41, 5.74) is 4.02. The Kier molecular flexibility index (Phi) is 4.73. The van der Waals surface area contributed by atoms with E-state index in [1.165, 1.54) is 0 Å². The first-order valence-electron chi connectivity index (χ1n) is 9.05. The maximum Gasteiger partial charge on any atom is 0.306 e. The molecule has 0 saturated heterocycles. The lowest BCUT2D eigenvalue weighted by Gasteiger charge is -2.33. The predicted molar refractivity (Wildman–Crippen MR) is 101 cm³/mol. The van der Waals surface area contributed by atoms with Crippen molar-refractivity contribution in [3.63, 3.8) is 0 Å². The van der Waals surface area contributed by atoms with Crippen molar-refractivity contribution in [2.45, 2.75) is 32.4 Å². The van der Waals surface area contributed by atoms with Crippen molar-refractivity contribution < 1.29 is 14.4 Å². The van der Waals surface area contributed by atoms with Crippen LogP contribution in [0.2, 0.25) is 0 Å². The molecular weight excluding hydrogens is 342 g/mol. The van der Waals surface area contributed by atoms with Crippen LogP contribution in [0.25, 0.3) is 22.8 Å². The van der Waals surface area contributed by atoms with E-state index in [0.29, 0.717) is 31.1 Å². The molecule has 6 heteroatoms. The van der Waals surface area contributed by atoms with Crippen molar-refractivity contribution in [1.82, 2.24) is 15.5 Å². The monoisotopic (exact) mass is 363 g/mol. The molecule has 3 aromatic rings. The van der Waals surface area contributed by atoms with Crippen LogP contribution in [-0.4, -0.2) is 27.3 Å². The molecule has 0 unspecified atom stereocenters. The van der Waals surface area contributed by atoms with E-state index in [4.69, 9.17) is 9.63 Å². The van der Waals surface area contributed by atoms with Gasteiger partial charge < -0.3 is 14.9 Å². The fourth-order valence-electron chi connectivity index (χ4n) is 3.36. The van der Waals surface area contributed by atoms with E-state index in [0.717, 1.165) is 22.3 Å². The van der Waals surface area contributed by atoms with E-state index in [-0.39, 0.29) is 12.0 Å². The topological polar surface area (TPSA) is 88.2 Å². The van der Waals surface area contributed by atoms with E-state index in [9.17, 15) is 4.79 Å². The lowest BCUT2D eigenvalue weighted by molar-refractivity contribution is -0.145. The third-order valence-corrected chi connectivity index (χ3v) is 5.02. The highest BCUT2D eigenvalue weighted by atomic mass is 16.5. The number of rotatable bonds is 6. The van der Waals surface area contributed by atoms with Crippen LogP contribution in [0.3, 0.4) is 0 Å². The molecule has 1 heterocycles. The summed E-state index contributed by atoms with van der Waals surface area (Å²) in [7, 11) is 0. The molecule has 4 rings (SSSR count). The number of carbonyl (C=O) groups is 1. The van der Waals surface area contributed by atoms with Crippen molar-refractivity contribution in [3.8, 4) is 22.8 Å². The first-order chi connectivity index (χ1) is 13.1. The minimum atomic E-state index is -0.705. The minimum absolute atomic E-state index is 0.216. The zero-order valence-electron chi connectivity index (χ0n) is 15.1. The summed E-state index contributed by atoms with van der Waals surface area (Å²) in [6, 6.07) is 16.1. The number of nitrogens with one attached hydrogen (secondary N) is 1. The quantitative estimate of drug-likeness (QED) is 0.695. The number of hydrogen-bond donors (Lipinski definition) is 2. The Morgan fingerprint density at radius 3 is 2.81 bits per heavy atom. The van der Waals surface area contributed by atoms with Crippen LogP contribution in [0.1, 0.15) is 24.0 Å². The normalized spacial score (nSPS) is 18.9. The maximum atomic E-state index is 10.9. The maximum absolute atomic E-state index is 10.9. The number of aromatic nitrogens is 2. The molecule has 27 heavy (non-hydrogen) atoms. The second-order valence-corrected chi connectivity index (χ2v) is 7.03. The Hall–Kier alpha value is -2.99. The second-order valence-electron chi connectivity index (χ2n) is 7.03. The van der Waals surface area contributed by atoms with Crippen LogP contribution in [0.15, 0.2) is 53.1 Å². The van der Waals surface area contributed by atoms with Gasteiger partial charge in [-0.3, -0.25) is 4.79 Å². The summed E-state index contributed by atoms with van der Waals surface area (Å²) < 4.78 is 5.47. The van der Waals surface area contributed by atoms with Crippen molar-refractivity contribution >= 4 is 5.97 Å². The average Bonchev–Trinajstić information content (AvgIpc) is 3.10. The van der Waals surface area contributed by atoms with Crippen molar-refractivity contribution in [1.29, 1.82) is 0 Å². The Labute approximate surface area is 157 Å². The lowest BCUT2D eigenvalue weighted by atomic mass is 9.80. The predicted octanol–water partition coefficient (Wildman–Crippen LogP) is 3.66. The molecule has 0 radical (unpaired) electrons. The van der Waals surface area contributed by atoms with Gasteiger partial charge in [-0.05, 0) is 37.5 Å². The molecule has 2 aromatic carbocycles. The number of carboxylic acids is 1. The van der Waals surface area contributed by atoms with Crippen LogP contribution >= 0.6 is 0 Å². The summed E-state index contributed by atoms with van der Waals surface area (Å²) in [4.78, 5) is 15.5. The van der Waals surface area contributed by atoms with Gasteiger partial charge in [0.1, 0.15) is 0 Å². The Morgan fingerprint density at radius 2 is 2.04 bits per heavy atom. The molecule has 1 saturated carbocycles. The third-order valence-electron chi connectivity index (χ3n) is 5.02. The number of hydrogen-bond acceptors (Lipinski definition) is 5. The van der Waals surface area contributed by atoms with Crippen LogP contribution in [0.4, 0.5) is 0 Å². The summed E-state index contributed by atoms with van der Waals surface area (Å²) in [5.74, 6) is 0.136. The summed E-state index contributed by atoms with van der Waals surface area (Å²) in [6.07, 6.45) is 1.36. The fraction of sp³-hybridized carbons (Fsp3) is 0.286. The molecule has 1 fully saturated rings. The first-order valence-corrected chi connectivity index (χ1v) is 9.05. The summed E-state index contributed by atoms with van der Waals surface area (Å²) >= 11 is 0. The largest absolute Gasteiger partial charge is 0.481 e. The Balaban J connectivity index is 1.49. The molecule has 138 valence electrons. The number of carboxylic acid groups (broad SMARTS) is 1. The number of aliphatic carboxylic acids is 1. The van der Waals surface area contributed by atoms with Gasteiger partial charge in [0.25, 0.3) is 5.89 Å². The smallest absolute Gasteiger partial charge is 0.306 e. The molecule has 1 aliphatic carbocycles. The second kappa shape index (κ2) is 7.32. The van der Waals surface area contributed by atoms with Gasteiger partial charge in [-0.15, -0.1) is 0 Å². The fourth-order valence-corrected chi connectivity index (χ4v) is 3.36. The van der Waals surface area contributed by atoms with Crippen LogP contribution < -0.4 is 5.32 Å². The zero-order chi connectivity index (χ0) is 18.8. The van der Waals surface area contributed by atoms with Crippen molar-refractivity contribution in [2.75, 3.05) is 0 Å². The van der Waals surface area contributed by atoms with Crippen molar-refractivity contribution in [3.05, 3.63) is 59.7 Å². The molecule has 6 nitrogen and oxygen atoms in total. The van der Waals surface area contributed by atoms with E-state index in [1.807, 2.05) is 55.5 Å². The van der Waals surface area contributed by atoms with Gasteiger partial charge in [0.05, 0.1) is 5.92 Å². The van der Waals surface area contributed by atoms with E-state index in [2.05, 4.69) is 15.5 Å². The third kappa shape index (κ3) is 3.75. The Morgan fingerprint density at radius 1 is 1.22 bits per heavy atom. The molecule has 1 aromatic heterocycles. The highest BCUT2D eigenvalue weighted by Gasteiger charge is 2.34. The minimum Gasteiger partial charge on any atom is -0.481 e. The molecule has 0 aliphatic heterocycles. The standard InChI is InChI=1S/C21H21N3O3/c1-13-5-4-7-14(9-13)20-23-19(24-27-20)18-8-3-2-6-15(18)12-22-17-10-16(11-17)21(25)26/h2-9,16-17,22H,10-12H2,1H3,(H,25,26)/t16-,17+. The molecule has 0 spiro atoms. The average molecular weight is 363 g/mol. The van der Waals surface area contributed by atoms with Gasteiger partial charge in [0.2, 0.25) is 5.82 Å². The molecule has 0 bridgehead atoms. The SMILES string of the molecule is Cc1cccc(-c2nc(-c3ccccc3CN[C@H]3C[C@@H](C(=O)O)C3)no2)c1. The van der Waals surface area contributed by atoms with Gasteiger partial charge in [-0.2, -0.15) is 4.98 Å². The van der Waals surface area contributed by atoms with Gasteiger partial charge in [0.15, 0.2) is 0 Å².